The van der Waals surface area contributed by atoms with Gasteiger partial charge in [-0.05, 0) is 78.9 Å². The molecule has 4 rings (SSSR count). The SMILES string of the molecule is CNC(=O)COc1ccc(Cc2ccccc2-c2ccc(OCCN3CCCC3)cc2)cc1. The lowest BCUT2D eigenvalue weighted by atomic mass is 9.95. The standard InChI is InChI=1S/C28H32N2O3/c1-29-28(31)21-33-26-12-8-22(9-13-26)20-24-6-2-3-7-27(24)23-10-14-25(15-11-23)32-19-18-30-16-4-5-17-30/h2-3,6-15H,4-5,16-21H2,1H3,(H,29,31). The lowest BCUT2D eigenvalue weighted by Crippen LogP contribution is -2.25. The second-order valence-electron chi connectivity index (χ2n) is 8.36. The summed E-state index contributed by atoms with van der Waals surface area (Å²) in [4.78, 5) is 13.8. The zero-order valence-electron chi connectivity index (χ0n) is 19.3. The molecular formula is C28H32N2O3. The van der Waals surface area contributed by atoms with Crippen LogP contribution in [0.4, 0.5) is 0 Å². The van der Waals surface area contributed by atoms with Crippen LogP contribution in [0.25, 0.3) is 11.1 Å². The summed E-state index contributed by atoms with van der Waals surface area (Å²) in [6.45, 7) is 4.16. The predicted molar refractivity (Wildman–Crippen MR) is 132 cm³/mol. The number of likely N-dealkylation sites (tertiary alicyclic amines) is 1. The number of nitrogens with one attached hydrogen (secondary N) is 1. The quantitative estimate of drug-likeness (QED) is 0.499. The Bertz CT molecular complexity index is 1030. The Morgan fingerprint density at radius 3 is 2.27 bits per heavy atom. The van der Waals surface area contributed by atoms with Crippen LogP contribution >= 0.6 is 0 Å². The molecule has 1 fully saturated rings. The summed E-state index contributed by atoms with van der Waals surface area (Å²) in [6, 6.07) is 24.8. The number of likely N-dealkylation sites (N-methyl/N-ethyl adjacent to an activating group) is 1. The van der Waals surface area contributed by atoms with Gasteiger partial charge < -0.3 is 14.8 Å². The summed E-state index contributed by atoms with van der Waals surface area (Å²) >= 11 is 0. The number of benzene rings is 3. The van der Waals surface area contributed by atoms with E-state index in [4.69, 9.17) is 9.47 Å². The second kappa shape index (κ2) is 11.5. The van der Waals surface area contributed by atoms with Gasteiger partial charge in [-0.2, -0.15) is 0 Å². The molecule has 1 N–H and O–H groups in total. The van der Waals surface area contributed by atoms with Crippen molar-refractivity contribution in [3.05, 3.63) is 83.9 Å². The van der Waals surface area contributed by atoms with Gasteiger partial charge in [0.15, 0.2) is 6.61 Å². The number of hydrogen-bond donors (Lipinski definition) is 1. The molecule has 0 aromatic heterocycles. The average molecular weight is 445 g/mol. The molecule has 1 saturated heterocycles. The topological polar surface area (TPSA) is 50.8 Å². The third-order valence-corrected chi connectivity index (χ3v) is 6.02. The van der Waals surface area contributed by atoms with Gasteiger partial charge >= 0.3 is 0 Å². The van der Waals surface area contributed by atoms with Crippen molar-refractivity contribution in [2.24, 2.45) is 0 Å². The fourth-order valence-electron chi connectivity index (χ4n) is 4.13. The Labute approximate surface area is 196 Å². The van der Waals surface area contributed by atoms with Gasteiger partial charge in [-0.25, -0.2) is 0 Å². The molecule has 3 aromatic rings. The van der Waals surface area contributed by atoms with Gasteiger partial charge in [0.2, 0.25) is 0 Å². The number of ether oxygens (including phenoxy) is 2. The highest BCUT2D eigenvalue weighted by atomic mass is 16.5. The van der Waals surface area contributed by atoms with Crippen molar-refractivity contribution in [1.82, 2.24) is 10.2 Å². The first-order valence-electron chi connectivity index (χ1n) is 11.7. The minimum Gasteiger partial charge on any atom is -0.492 e. The second-order valence-corrected chi connectivity index (χ2v) is 8.36. The first kappa shape index (κ1) is 22.9. The van der Waals surface area contributed by atoms with Crippen LogP contribution in [0, 0.1) is 0 Å². The minimum atomic E-state index is -0.143. The smallest absolute Gasteiger partial charge is 0.257 e. The molecule has 5 nitrogen and oxygen atoms in total. The Kier molecular flexibility index (Phi) is 7.99. The Balaban J connectivity index is 1.37. The maximum Gasteiger partial charge on any atom is 0.257 e. The Morgan fingerprint density at radius 2 is 1.55 bits per heavy atom. The third kappa shape index (κ3) is 6.59. The first-order chi connectivity index (χ1) is 16.2. The van der Waals surface area contributed by atoms with Crippen molar-refractivity contribution in [2.75, 3.05) is 39.9 Å². The highest BCUT2D eigenvalue weighted by Crippen LogP contribution is 2.28. The molecule has 0 aliphatic carbocycles. The average Bonchev–Trinajstić information content (AvgIpc) is 3.38. The van der Waals surface area contributed by atoms with Crippen molar-refractivity contribution in [1.29, 1.82) is 0 Å². The van der Waals surface area contributed by atoms with Crippen LogP contribution in [0.5, 0.6) is 11.5 Å². The van der Waals surface area contributed by atoms with Crippen LogP contribution < -0.4 is 14.8 Å². The summed E-state index contributed by atoms with van der Waals surface area (Å²) in [7, 11) is 1.60. The van der Waals surface area contributed by atoms with E-state index in [9.17, 15) is 4.79 Å². The third-order valence-electron chi connectivity index (χ3n) is 6.02. The molecule has 1 aliphatic heterocycles. The van der Waals surface area contributed by atoms with E-state index in [1.165, 1.54) is 48.2 Å². The molecule has 1 amide bonds. The molecule has 1 aliphatic rings. The van der Waals surface area contributed by atoms with Gasteiger partial charge in [-0.3, -0.25) is 9.69 Å². The summed E-state index contributed by atoms with van der Waals surface area (Å²) in [5.74, 6) is 1.47. The van der Waals surface area contributed by atoms with E-state index in [0.29, 0.717) is 5.75 Å². The number of carbonyl (C=O) groups is 1. The minimum absolute atomic E-state index is 0.0245. The molecule has 0 saturated carbocycles. The predicted octanol–water partition coefficient (Wildman–Crippen LogP) is 4.54. The van der Waals surface area contributed by atoms with E-state index in [1.807, 2.05) is 24.3 Å². The zero-order chi connectivity index (χ0) is 22.9. The van der Waals surface area contributed by atoms with Crippen LogP contribution in [-0.4, -0.2) is 50.7 Å². The van der Waals surface area contributed by atoms with Gasteiger partial charge in [0.1, 0.15) is 18.1 Å². The molecule has 5 heteroatoms. The maximum absolute atomic E-state index is 11.3. The Morgan fingerprint density at radius 1 is 0.879 bits per heavy atom. The van der Waals surface area contributed by atoms with Crippen molar-refractivity contribution >= 4 is 5.91 Å². The van der Waals surface area contributed by atoms with Gasteiger partial charge in [0.25, 0.3) is 5.91 Å². The number of rotatable bonds is 10. The van der Waals surface area contributed by atoms with Crippen LogP contribution in [-0.2, 0) is 11.2 Å². The van der Waals surface area contributed by atoms with Crippen LogP contribution in [0.2, 0.25) is 0 Å². The zero-order valence-corrected chi connectivity index (χ0v) is 19.3. The molecule has 172 valence electrons. The Hall–Kier alpha value is -3.31. The molecule has 0 radical (unpaired) electrons. The molecule has 1 heterocycles. The van der Waals surface area contributed by atoms with E-state index in [0.717, 1.165) is 25.3 Å². The number of nitrogens with zero attached hydrogens (tertiary/aromatic N) is 1. The summed E-state index contributed by atoms with van der Waals surface area (Å²) in [6.07, 6.45) is 3.44. The highest BCUT2D eigenvalue weighted by Gasteiger charge is 2.11. The van der Waals surface area contributed by atoms with Crippen LogP contribution in [0.3, 0.4) is 0 Å². The maximum atomic E-state index is 11.3. The van der Waals surface area contributed by atoms with E-state index in [2.05, 4.69) is 58.7 Å². The van der Waals surface area contributed by atoms with Crippen molar-refractivity contribution in [2.45, 2.75) is 19.3 Å². The summed E-state index contributed by atoms with van der Waals surface area (Å²) in [5.41, 5.74) is 4.86. The first-order valence-corrected chi connectivity index (χ1v) is 11.7. The number of hydrogen-bond acceptors (Lipinski definition) is 4. The van der Waals surface area contributed by atoms with Crippen molar-refractivity contribution in [3.8, 4) is 22.6 Å². The summed E-state index contributed by atoms with van der Waals surface area (Å²) in [5, 5.41) is 2.55. The molecule has 0 bridgehead atoms. The van der Waals surface area contributed by atoms with Crippen molar-refractivity contribution < 1.29 is 14.3 Å². The molecule has 0 spiro atoms. The lowest BCUT2D eigenvalue weighted by molar-refractivity contribution is -0.122. The van der Waals surface area contributed by atoms with Crippen molar-refractivity contribution in [3.63, 3.8) is 0 Å². The van der Waals surface area contributed by atoms with Gasteiger partial charge in [0.05, 0.1) is 0 Å². The van der Waals surface area contributed by atoms with E-state index in [1.54, 1.807) is 7.05 Å². The van der Waals surface area contributed by atoms with Crippen LogP contribution in [0.1, 0.15) is 24.0 Å². The fourth-order valence-corrected chi connectivity index (χ4v) is 4.13. The fraction of sp³-hybridized carbons (Fsp3) is 0.321. The van der Waals surface area contributed by atoms with Gasteiger partial charge in [-0.1, -0.05) is 48.5 Å². The van der Waals surface area contributed by atoms with E-state index >= 15 is 0 Å². The lowest BCUT2D eigenvalue weighted by Gasteiger charge is -2.15. The monoisotopic (exact) mass is 444 g/mol. The normalized spacial score (nSPS) is 13.6. The van der Waals surface area contributed by atoms with Gasteiger partial charge in [-0.15, -0.1) is 0 Å². The van der Waals surface area contributed by atoms with Gasteiger partial charge in [0, 0.05) is 13.6 Å². The molecule has 3 aromatic carbocycles. The molecular weight excluding hydrogens is 412 g/mol. The summed E-state index contributed by atoms with van der Waals surface area (Å²) < 4.78 is 11.5. The van der Waals surface area contributed by atoms with E-state index in [-0.39, 0.29) is 12.5 Å². The molecule has 0 atom stereocenters. The van der Waals surface area contributed by atoms with E-state index < -0.39 is 0 Å². The number of carbonyl (C=O) groups excluding carboxylic acids is 1. The highest BCUT2D eigenvalue weighted by molar-refractivity contribution is 5.77. The molecule has 33 heavy (non-hydrogen) atoms. The molecule has 0 unspecified atom stereocenters. The van der Waals surface area contributed by atoms with Crippen LogP contribution in [0.15, 0.2) is 72.8 Å². The number of amides is 1. The largest absolute Gasteiger partial charge is 0.492 e.